The van der Waals surface area contributed by atoms with Crippen molar-refractivity contribution in [1.29, 1.82) is 0 Å². The molecule has 106 valence electrons. The topological polar surface area (TPSA) is 70.7 Å². The van der Waals surface area contributed by atoms with Crippen molar-refractivity contribution < 1.29 is 4.79 Å². The van der Waals surface area contributed by atoms with Crippen LogP contribution < -0.4 is 5.32 Å². The van der Waals surface area contributed by atoms with Crippen LogP contribution >= 0.6 is 35.0 Å². The zero-order chi connectivity index (χ0) is 14.7. The number of rotatable bonds is 4. The molecular formula is C12H12Cl2N4OS. The highest BCUT2D eigenvalue weighted by atomic mass is 35.5. The van der Waals surface area contributed by atoms with E-state index in [2.05, 4.69) is 20.5 Å². The largest absolute Gasteiger partial charge is 0.325 e. The number of H-pyrrole nitrogens is 1. The molecule has 0 radical (unpaired) electrons. The average molecular weight is 331 g/mol. The maximum Gasteiger partial charge on any atom is 0.237 e. The van der Waals surface area contributed by atoms with Crippen LogP contribution in [0.3, 0.4) is 0 Å². The van der Waals surface area contributed by atoms with Crippen LogP contribution in [0.5, 0.6) is 0 Å². The number of halogens is 2. The summed E-state index contributed by atoms with van der Waals surface area (Å²) in [7, 11) is 0. The zero-order valence-corrected chi connectivity index (χ0v) is 13.1. The SMILES string of the molecule is Cc1nc(SC(C)C(=O)Nc2cc(Cl)cc(Cl)c2)n[nH]1. The molecule has 1 amide bonds. The van der Waals surface area contributed by atoms with Crippen LogP contribution in [-0.2, 0) is 4.79 Å². The predicted molar refractivity (Wildman–Crippen MR) is 81.5 cm³/mol. The number of aromatic amines is 1. The van der Waals surface area contributed by atoms with Crippen LogP contribution in [0, 0.1) is 6.92 Å². The van der Waals surface area contributed by atoms with Crippen molar-refractivity contribution >= 4 is 46.6 Å². The van der Waals surface area contributed by atoms with Gasteiger partial charge in [-0.05, 0) is 32.0 Å². The Morgan fingerprint density at radius 3 is 2.55 bits per heavy atom. The predicted octanol–water partition coefficient (Wildman–Crippen LogP) is 3.54. The first-order valence-corrected chi connectivity index (χ1v) is 7.40. The molecule has 0 saturated heterocycles. The minimum absolute atomic E-state index is 0.171. The van der Waals surface area contributed by atoms with Crippen LogP contribution in [0.4, 0.5) is 5.69 Å². The second kappa shape index (κ2) is 6.47. The third kappa shape index (κ3) is 4.13. The molecule has 20 heavy (non-hydrogen) atoms. The van der Waals surface area contributed by atoms with Crippen molar-refractivity contribution in [2.24, 2.45) is 0 Å². The number of carbonyl (C=O) groups excluding carboxylic acids is 1. The van der Waals surface area contributed by atoms with Gasteiger partial charge in [0.15, 0.2) is 0 Å². The number of nitrogens with zero attached hydrogens (tertiary/aromatic N) is 2. The molecule has 0 aliphatic rings. The lowest BCUT2D eigenvalue weighted by Gasteiger charge is -2.10. The molecule has 1 heterocycles. The molecule has 0 bridgehead atoms. The summed E-state index contributed by atoms with van der Waals surface area (Å²) in [5.74, 6) is 0.539. The fourth-order valence-electron chi connectivity index (χ4n) is 1.46. The molecule has 8 heteroatoms. The fraction of sp³-hybridized carbons (Fsp3) is 0.250. The smallest absolute Gasteiger partial charge is 0.237 e. The highest BCUT2D eigenvalue weighted by Crippen LogP contribution is 2.24. The molecular weight excluding hydrogens is 319 g/mol. The summed E-state index contributed by atoms with van der Waals surface area (Å²) in [6.45, 7) is 3.58. The Morgan fingerprint density at radius 1 is 1.35 bits per heavy atom. The lowest BCUT2D eigenvalue weighted by molar-refractivity contribution is -0.115. The number of hydrogen-bond donors (Lipinski definition) is 2. The average Bonchev–Trinajstić information content (AvgIpc) is 2.73. The van der Waals surface area contributed by atoms with Gasteiger partial charge in [0.25, 0.3) is 0 Å². The molecule has 1 aromatic carbocycles. The summed E-state index contributed by atoms with van der Waals surface area (Å²) >= 11 is 13.0. The summed E-state index contributed by atoms with van der Waals surface area (Å²) < 4.78 is 0. The maximum atomic E-state index is 12.1. The number of thioether (sulfide) groups is 1. The van der Waals surface area contributed by atoms with Crippen LogP contribution in [0.25, 0.3) is 0 Å². The van der Waals surface area contributed by atoms with E-state index in [1.807, 2.05) is 0 Å². The minimum Gasteiger partial charge on any atom is -0.325 e. The van der Waals surface area contributed by atoms with E-state index in [4.69, 9.17) is 23.2 Å². The molecule has 0 spiro atoms. The van der Waals surface area contributed by atoms with Gasteiger partial charge in [0.2, 0.25) is 11.1 Å². The van der Waals surface area contributed by atoms with Crippen molar-refractivity contribution in [1.82, 2.24) is 15.2 Å². The summed E-state index contributed by atoms with van der Waals surface area (Å²) in [5, 5.41) is 10.6. The number of hydrogen-bond acceptors (Lipinski definition) is 4. The van der Waals surface area contributed by atoms with Crippen molar-refractivity contribution in [2.75, 3.05) is 5.32 Å². The molecule has 0 fully saturated rings. The van der Waals surface area contributed by atoms with E-state index < -0.39 is 0 Å². The van der Waals surface area contributed by atoms with Gasteiger partial charge in [0, 0.05) is 15.7 Å². The monoisotopic (exact) mass is 330 g/mol. The Balaban J connectivity index is 2.00. The molecule has 0 aliphatic heterocycles. The quantitative estimate of drug-likeness (QED) is 0.841. The normalized spacial score (nSPS) is 12.2. The van der Waals surface area contributed by atoms with Crippen molar-refractivity contribution in [2.45, 2.75) is 24.3 Å². The summed E-state index contributed by atoms with van der Waals surface area (Å²) in [6, 6.07) is 4.88. The maximum absolute atomic E-state index is 12.1. The summed E-state index contributed by atoms with van der Waals surface area (Å²) in [4.78, 5) is 16.2. The van der Waals surface area contributed by atoms with E-state index in [-0.39, 0.29) is 11.2 Å². The van der Waals surface area contributed by atoms with E-state index >= 15 is 0 Å². The molecule has 1 aromatic heterocycles. The molecule has 2 N–H and O–H groups in total. The third-order valence-electron chi connectivity index (χ3n) is 2.36. The van der Waals surface area contributed by atoms with E-state index in [0.29, 0.717) is 26.7 Å². The van der Waals surface area contributed by atoms with Gasteiger partial charge in [0.1, 0.15) is 5.82 Å². The van der Waals surface area contributed by atoms with Gasteiger partial charge in [0.05, 0.1) is 5.25 Å². The van der Waals surface area contributed by atoms with Crippen LogP contribution in [0.2, 0.25) is 10.0 Å². The second-order valence-corrected chi connectivity index (χ2v) is 6.29. The zero-order valence-electron chi connectivity index (χ0n) is 10.8. The standard InChI is InChI=1S/C12H12Cl2N4OS/c1-6(20-12-15-7(2)17-18-12)11(19)16-10-4-8(13)3-9(14)5-10/h3-6H,1-2H3,(H,16,19)(H,15,17,18). The van der Waals surface area contributed by atoms with E-state index in [9.17, 15) is 4.79 Å². The molecule has 2 rings (SSSR count). The molecule has 1 unspecified atom stereocenters. The summed E-state index contributed by atoms with van der Waals surface area (Å²) in [5.41, 5.74) is 0.561. The number of carbonyl (C=O) groups is 1. The first-order valence-electron chi connectivity index (χ1n) is 5.76. The lowest BCUT2D eigenvalue weighted by Crippen LogP contribution is -2.22. The molecule has 1 atom stereocenters. The lowest BCUT2D eigenvalue weighted by atomic mass is 10.3. The highest BCUT2D eigenvalue weighted by Gasteiger charge is 2.17. The number of anilines is 1. The first kappa shape index (κ1) is 15.2. The number of aromatic nitrogens is 3. The van der Waals surface area contributed by atoms with Gasteiger partial charge in [-0.15, -0.1) is 5.10 Å². The Morgan fingerprint density at radius 2 is 2.00 bits per heavy atom. The molecule has 2 aromatic rings. The summed E-state index contributed by atoms with van der Waals surface area (Å²) in [6.07, 6.45) is 0. The van der Waals surface area contributed by atoms with E-state index in [1.165, 1.54) is 11.8 Å². The van der Waals surface area contributed by atoms with Gasteiger partial charge < -0.3 is 5.32 Å². The number of aryl methyl sites for hydroxylation is 1. The number of nitrogens with one attached hydrogen (secondary N) is 2. The van der Waals surface area contributed by atoms with Gasteiger partial charge in [-0.2, -0.15) is 0 Å². The Kier molecular flexibility index (Phi) is 4.91. The van der Waals surface area contributed by atoms with Crippen LogP contribution in [0.15, 0.2) is 23.4 Å². The van der Waals surface area contributed by atoms with Gasteiger partial charge in [-0.1, -0.05) is 35.0 Å². The van der Waals surface area contributed by atoms with Crippen LogP contribution in [0.1, 0.15) is 12.7 Å². The van der Waals surface area contributed by atoms with Crippen molar-refractivity contribution in [3.63, 3.8) is 0 Å². The van der Waals surface area contributed by atoms with Gasteiger partial charge in [-0.25, -0.2) is 4.98 Å². The number of amides is 1. The van der Waals surface area contributed by atoms with E-state index in [1.54, 1.807) is 32.0 Å². The van der Waals surface area contributed by atoms with E-state index in [0.717, 1.165) is 0 Å². The second-order valence-electron chi connectivity index (χ2n) is 4.11. The van der Waals surface area contributed by atoms with Crippen molar-refractivity contribution in [3.05, 3.63) is 34.1 Å². The van der Waals surface area contributed by atoms with Crippen molar-refractivity contribution in [3.8, 4) is 0 Å². The Labute approximate surface area is 130 Å². The number of benzene rings is 1. The molecule has 0 saturated carbocycles. The Hall–Kier alpha value is -1.24. The molecule has 0 aliphatic carbocycles. The highest BCUT2D eigenvalue weighted by molar-refractivity contribution is 8.00. The van der Waals surface area contributed by atoms with Gasteiger partial charge in [-0.3, -0.25) is 9.89 Å². The Bertz CT molecular complexity index is 611. The third-order valence-corrected chi connectivity index (χ3v) is 3.76. The van der Waals surface area contributed by atoms with Gasteiger partial charge >= 0.3 is 0 Å². The van der Waals surface area contributed by atoms with Crippen LogP contribution in [-0.4, -0.2) is 26.3 Å². The fourth-order valence-corrected chi connectivity index (χ4v) is 2.75. The molecule has 5 nitrogen and oxygen atoms in total. The minimum atomic E-state index is -0.344. The first-order chi connectivity index (χ1) is 9.44.